The van der Waals surface area contributed by atoms with Crippen molar-refractivity contribution in [2.45, 2.75) is 65.1 Å². The lowest BCUT2D eigenvalue weighted by Gasteiger charge is -2.45. The number of hydrogen-bond acceptors (Lipinski definition) is 1. The van der Waals surface area contributed by atoms with E-state index in [2.05, 4.69) is 0 Å². The molecule has 0 aromatic heterocycles. The summed E-state index contributed by atoms with van der Waals surface area (Å²) in [7, 11) is -8.25. The van der Waals surface area contributed by atoms with Gasteiger partial charge in [0, 0.05) is 0 Å². The monoisotopic (exact) mass is 650 g/mol. The van der Waals surface area contributed by atoms with Gasteiger partial charge in [-0.3, -0.25) is 4.57 Å². The van der Waals surface area contributed by atoms with E-state index in [-0.39, 0.29) is 0 Å². The lowest BCUT2D eigenvalue weighted by molar-refractivity contribution is -0.477. The van der Waals surface area contributed by atoms with Gasteiger partial charge < -0.3 is 9.79 Å². The summed E-state index contributed by atoms with van der Waals surface area (Å²) in [6.07, 6.45) is -8.15. The largest absolute Gasteiger partial charge is 0.460 e. The van der Waals surface area contributed by atoms with E-state index in [1.165, 1.54) is 0 Å². The Morgan fingerprint density at radius 3 is 0.632 bits per heavy atom. The van der Waals surface area contributed by atoms with Gasteiger partial charge >= 0.3 is 72.7 Å². The summed E-state index contributed by atoms with van der Waals surface area (Å²) in [5.41, 5.74) is -8.01. The average molecular weight is 650 g/mol. The average Bonchev–Trinajstić information content (AvgIpc) is 2.64. The van der Waals surface area contributed by atoms with Crippen LogP contribution in [0.5, 0.6) is 0 Å². The molecule has 0 aromatic rings. The molecule has 0 heterocycles. The molecule has 0 aromatic carbocycles. The fraction of sp³-hybridized carbons (Fsp3) is 1.00. The molecule has 0 aliphatic rings. The third-order valence-corrected chi connectivity index (χ3v) is 5.27. The number of alkyl halides is 23. The standard InChI is InChI=1S/C11H2F23O3P/c12-1(13,2(14,15)4(18,19)6(22,23)8(26,27)10(30,31)32)3(16,17)5(20,21)7(24,25)9(28,29)11(33,34)38(35,36)37/h(H2,35,36,37). The highest BCUT2D eigenvalue weighted by Gasteiger charge is 2.99. The molecule has 0 aliphatic heterocycles. The minimum Gasteiger partial charge on any atom is -0.320 e. The number of halogens is 23. The minimum absolute atomic E-state index is 7.84. The third kappa shape index (κ3) is 4.08. The Morgan fingerprint density at radius 2 is 0.474 bits per heavy atom. The van der Waals surface area contributed by atoms with Gasteiger partial charge in [0.15, 0.2) is 0 Å². The zero-order chi connectivity index (χ0) is 32.0. The van der Waals surface area contributed by atoms with Gasteiger partial charge in [0.1, 0.15) is 0 Å². The van der Waals surface area contributed by atoms with Crippen molar-refractivity contribution in [2.75, 3.05) is 0 Å². The number of rotatable bonds is 10. The summed E-state index contributed by atoms with van der Waals surface area (Å²) in [5.74, 6) is -82.9. The molecule has 3 nitrogen and oxygen atoms in total. The molecule has 38 heavy (non-hydrogen) atoms. The summed E-state index contributed by atoms with van der Waals surface area (Å²) in [5, 5.41) is 0. The zero-order valence-electron chi connectivity index (χ0n) is 15.9. The van der Waals surface area contributed by atoms with Crippen LogP contribution in [0.4, 0.5) is 101 Å². The van der Waals surface area contributed by atoms with Crippen LogP contribution in [0, 0.1) is 0 Å². The summed E-state index contributed by atoms with van der Waals surface area (Å²) in [6, 6.07) is 0. The van der Waals surface area contributed by atoms with Crippen molar-refractivity contribution in [3.63, 3.8) is 0 Å². The Kier molecular flexibility index (Phi) is 8.19. The van der Waals surface area contributed by atoms with Crippen molar-refractivity contribution in [2.24, 2.45) is 0 Å². The molecule has 0 fully saturated rings. The van der Waals surface area contributed by atoms with Crippen molar-refractivity contribution < 1.29 is 115 Å². The van der Waals surface area contributed by atoms with E-state index >= 15 is 0 Å². The Labute approximate surface area is 189 Å². The van der Waals surface area contributed by atoms with E-state index in [9.17, 15) is 106 Å². The molecule has 2 N–H and O–H groups in total. The maximum atomic E-state index is 13.4. The van der Waals surface area contributed by atoms with E-state index in [0.29, 0.717) is 0 Å². The molecule has 0 rings (SSSR count). The molecule has 0 spiro atoms. The highest BCUT2D eigenvalue weighted by molar-refractivity contribution is 7.53. The predicted octanol–water partition coefficient (Wildman–Crippen LogP) is 7.04. The second kappa shape index (κ2) is 8.52. The van der Waals surface area contributed by atoms with Crippen molar-refractivity contribution >= 4 is 7.60 Å². The molecule has 0 atom stereocenters. The van der Waals surface area contributed by atoms with Crippen molar-refractivity contribution in [3.05, 3.63) is 0 Å². The molecule has 0 saturated carbocycles. The maximum Gasteiger partial charge on any atom is 0.460 e. The van der Waals surface area contributed by atoms with E-state index in [4.69, 9.17) is 9.79 Å². The van der Waals surface area contributed by atoms with E-state index in [1.807, 2.05) is 0 Å². The van der Waals surface area contributed by atoms with E-state index < -0.39 is 72.7 Å². The predicted molar refractivity (Wildman–Crippen MR) is 67.6 cm³/mol. The van der Waals surface area contributed by atoms with Gasteiger partial charge in [-0.25, -0.2) is 0 Å². The first-order valence-electron chi connectivity index (χ1n) is 7.65. The first kappa shape index (κ1) is 36.5. The summed E-state index contributed by atoms with van der Waals surface area (Å²) < 4.78 is 309. The van der Waals surface area contributed by atoms with Gasteiger partial charge in [0.25, 0.3) is 0 Å². The van der Waals surface area contributed by atoms with Crippen LogP contribution < -0.4 is 0 Å². The van der Waals surface area contributed by atoms with Crippen molar-refractivity contribution in [1.82, 2.24) is 0 Å². The topological polar surface area (TPSA) is 57.5 Å². The quantitative estimate of drug-likeness (QED) is 0.197. The Hall–Kier alpha value is -1.46. The van der Waals surface area contributed by atoms with Crippen molar-refractivity contribution in [3.8, 4) is 0 Å². The van der Waals surface area contributed by atoms with Crippen LogP contribution in [0.1, 0.15) is 0 Å². The molecule has 27 heteroatoms. The number of hydrogen-bond donors (Lipinski definition) is 2. The lowest BCUT2D eigenvalue weighted by Crippen LogP contribution is -2.77. The Balaban J connectivity index is 7.31. The first-order valence-corrected chi connectivity index (χ1v) is 9.27. The summed E-state index contributed by atoms with van der Waals surface area (Å²) in [6.45, 7) is 0. The zero-order valence-corrected chi connectivity index (χ0v) is 16.8. The van der Waals surface area contributed by atoms with Crippen LogP contribution in [-0.4, -0.2) is 74.9 Å². The highest BCUT2D eigenvalue weighted by atomic mass is 31.2. The first-order chi connectivity index (χ1) is 15.8. The fourth-order valence-electron chi connectivity index (χ4n) is 1.93. The van der Waals surface area contributed by atoms with Gasteiger partial charge in [-0.05, 0) is 0 Å². The van der Waals surface area contributed by atoms with Crippen LogP contribution in [-0.2, 0) is 4.57 Å². The molecule has 0 bridgehead atoms. The molecular weight excluding hydrogens is 648 g/mol. The van der Waals surface area contributed by atoms with E-state index in [0.717, 1.165) is 0 Å². The van der Waals surface area contributed by atoms with E-state index in [1.54, 1.807) is 0 Å². The molecule has 0 amide bonds. The molecule has 0 aliphatic carbocycles. The van der Waals surface area contributed by atoms with Gasteiger partial charge in [0.05, 0.1) is 0 Å². The second-order valence-corrected chi connectivity index (χ2v) is 8.40. The fourth-order valence-corrected chi connectivity index (χ4v) is 2.44. The normalized spacial score (nSPS) is 17.2. The molecular formula is C11H2F23O3P. The second-order valence-electron chi connectivity index (χ2n) is 6.75. The van der Waals surface area contributed by atoms with Crippen LogP contribution in [0.3, 0.4) is 0 Å². The summed E-state index contributed by atoms with van der Waals surface area (Å²) in [4.78, 5) is 15.7. The lowest BCUT2D eigenvalue weighted by atomic mass is 9.86. The minimum atomic E-state index is -9.56. The molecule has 230 valence electrons. The smallest absolute Gasteiger partial charge is 0.320 e. The summed E-state index contributed by atoms with van der Waals surface area (Å²) >= 11 is 0. The van der Waals surface area contributed by atoms with Crippen LogP contribution in [0.25, 0.3) is 0 Å². The van der Waals surface area contributed by atoms with Gasteiger partial charge in [-0.15, -0.1) is 0 Å². The highest BCUT2D eigenvalue weighted by Crippen LogP contribution is 2.70. The van der Waals surface area contributed by atoms with Crippen LogP contribution in [0.15, 0.2) is 0 Å². The van der Waals surface area contributed by atoms with Gasteiger partial charge in [-0.2, -0.15) is 101 Å². The SMILES string of the molecule is O=P(O)(O)C(F)(F)C(F)(F)C(F)(F)C(F)(F)C(F)(F)C(F)(F)C(F)(F)C(F)(F)C(F)(F)C(F)(F)C(F)(F)F. The van der Waals surface area contributed by atoms with Crippen molar-refractivity contribution in [1.29, 1.82) is 0 Å². The van der Waals surface area contributed by atoms with Crippen LogP contribution in [0.2, 0.25) is 0 Å². The Morgan fingerprint density at radius 1 is 0.316 bits per heavy atom. The van der Waals surface area contributed by atoms with Crippen LogP contribution >= 0.6 is 7.60 Å². The van der Waals surface area contributed by atoms with Gasteiger partial charge in [0.2, 0.25) is 0 Å². The van der Waals surface area contributed by atoms with Gasteiger partial charge in [-0.1, -0.05) is 0 Å². The third-order valence-electron chi connectivity index (χ3n) is 4.25. The molecule has 0 unspecified atom stereocenters. The molecule has 0 saturated heterocycles. The Bertz CT molecular complexity index is 941. The molecule has 0 radical (unpaired) electrons. The maximum absolute atomic E-state index is 13.4.